The molecule has 2 saturated carbocycles. The molecule has 2 fully saturated rings. The molecule has 8 rings (SSSR count). The van der Waals surface area contributed by atoms with Crippen molar-refractivity contribution < 1.29 is 17.4 Å². The van der Waals surface area contributed by atoms with Crippen LogP contribution in [0.5, 0.6) is 0 Å². The molecule has 0 N–H and O–H groups in total. The Morgan fingerprint density at radius 3 is 1.60 bits per heavy atom. The molecule has 4 aliphatic rings. The van der Waals surface area contributed by atoms with E-state index in [9.17, 15) is 0 Å². The molecule has 0 radical (unpaired) electrons. The second kappa shape index (κ2) is 15.9. The summed E-state index contributed by atoms with van der Waals surface area (Å²) in [4.78, 5) is 0. The summed E-state index contributed by atoms with van der Waals surface area (Å²) in [6.07, 6.45) is 19.0. The molecule has 0 nitrogen and oxygen atoms in total. The summed E-state index contributed by atoms with van der Waals surface area (Å²) in [5.41, 5.74) is 19.7. The smallest absolute Gasteiger partial charge is 0.147 e. The SMILES string of the molecule is CC1=Cc2c(-c3ccc(C4CCCCC4)cc3)ccc(C)c2[CH]1[Zr]([CH3])([CH3])(=[SiH2])[CH]1C(C(C)C)=Cc2c(-c3ccc(C4CCCCC4)cc3)cccc21.Cl.Cl. The van der Waals surface area contributed by atoms with E-state index in [1.54, 1.807) is 33.4 Å². The van der Waals surface area contributed by atoms with Crippen LogP contribution in [-0.4, -0.2) is 6.88 Å². The average Bonchev–Trinajstić information content (AvgIpc) is 3.73. The van der Waals surface area contributed by atoms with Crippen molar-refractivity contribution in [2.75, 3.05) is 0 Å². The van der Waals surface area contributed by atoms with Crippen molar-refractivity contribution in [3.8, 4) is 22.3 Å². The molecule has 0 aromatic heterocycles. The zero-order valence-electron chi connectivity index (χ0n) is 33.1. The van der Waals surface area contributed by atoms with Crippen molar-refractivity contribution in [3.63, 3.8) is 0 Å². The van der Waals surface area contributed by atoms with Crippen LogP contribution < -0.4 is 0 Å². The molecule has 0 amide bonds. The third-order valence-corrected chi connectivity index (χ3v) is 31.4. The fraction of sp³-hybridized carbons (Fsp3) is 0.429. The zero-order chi connectivity index (χ0) is 35.5. The van der Waals surface area contributed by atoms with Gasteiger partial charge in [0.05, 0.1) is 0 Å². The van der Waals surface area contributed by atoms with Crippen molar-refractivity contribution in [1.29, 1.82) is 0 Å². The van der Waals surface area contributed by atoms with Crippen LogP contribution in [0.1, 0.15) is 143 Å². The molecule has 2 unspecified atom stereocenters. The number of benzene rings is 4. The Morgan fingerprint density at radius 2 is 1.09 bits per heavy atom. The van der Waals surface area contributed by atoms with Gasteiger partial charge in [0, 0.05) is 0 Å². The van der Waals surface area contributed by atoms with Crippen LogP contribution in [0, 0.1) is 12.8 Å². The van der Waals surface area contributed by atoms with Crippen LogP contribution in [-0.2, 0) is 17.4 Å². The van der Waals surface area contributed by atoms with Crippen LogP contribution in [0.2, 0.25) is 9.26 Å². The number of halogens is 2. The molecular weight excluding hydrogens is 779 g/mol. The van der Waals surface area contributed by atoms with Gasteiger partial charge in [-0.05, 0) is 0 Å². The first-order valence-corrected chi connectivity index (χ1v) is 34.1. The van der Waals surface area contributed by atoms with Crippen LogP contribution in [0.4, 0.5) is 0 Å². The predicted octanol–water partition coefficient (Wildman–Crippen LogP) is 14.9. The Hall–Kier alpha value is -1.96. The van der Waals surface area contributed by atoms with Gasteiger partial charge in [0.15, 0.2) is 0 Å². The van der Waals surface area contributed by atoms with Gasteiger partial charge < -0.3 is 0 Å². The van der Waals surface area contributed by atoms with Gasteiger partial charge in [0.25, 0.3) is 0 Å². The number of rotatable bonds is 7. The maximum absolute atomic E-state index is 3.72. The number of aryl methyl sites for hydroxylation is 1. The first-order valence-electron chi connectivity index (χ1n) is 20.4. The molecule has 4 aromatic carbocycles. The molecule has 53 heavy (non-hydrogen) atoms. The van der Waals surface area contributed by atoms with Gasteiger partial charge >= 0.3 is 314 Å². The Kier molecular flexibility index (Phi) is 12.2. The minimum atomic E-state index is -3.72. The van der Waals surface area contributed by atoms with Crippen LogP contribution in [0.15, 0.2) is 90.0 Å². The molecule has 0 saturated heterocycles. The molecule has 2 atom stereocenters. The van der Waals surface area contributed by atoms with E-state index in [1.807, 2.05) is 0 Å². The molecule has 4 aromatic rings. The summed E-state index contributed by atoms with van der Waals surface area (Å²) < 4.78 is 6.67. The van der Waals surface area contributed by atoms with Crippen molar-refractivity contribution in [1.82, 2.24) is 0 Å². The summed E-state index contributed by atoms with van der Waals surface area (Å²) in [5.74, 6) is 2.01. The number of hydrogen-bond donors (Lipinski definition) is 0. The summed E-state index contributed by atoms with van der Waals surface area (Å²) in [7, 11) is 0. The Morgan fingerprint density at radius 1 is 0.585 bits per heavy atom. The number of allylic oxidation sites excluding steroid dienone is 2. The van der Waals surface area contributed by atoms with Crippen LogP contribution in [0.25, 0.3) is 34.4 Å². The van der Waals surface area contributed by atoms with Gasteiger partial charge in [-0.1, -0.05) is 0 Å². The van der Waals surface area contributed by atoms with Crippen molar-refractivity contribution in [2.24, 2.45) is 5.92 Å². The van der Waals surface area contributed by atoms with Gasteiger partial charge in [-0.25, -0.2) is 0 Å². The second-order valence-corrected chi connectivity index (χ2v) is 48.9. The third kappa shape index (κ3) is 7.39. The van der Waals surface area contributed by atoms with E-state index in [2.05, 4.69) is 135 Å². The molecule has 0 aliphatic heterocycles. The normalized spacial score (nSPS) is 20.6. The van der Waals surface area contributed by atoms with E-state index in [0.717, 1.165) is 11.8 Å². The minimum Gasteiger partial charge on any atom is -0.147 e. The average molecular weight is 841 g/mol. The van der Waals surface area contributed by atoms with E-state index >= 15 is 0 Å². The molecule has 0 heterocycles. The number of hydrogen-bond acceptors (Lipinski definition) is 0. The maximum Gasteiger partial charge on any atom is -0.147 e. The Labute approximate surface area is 336 Å². The van der Waals surface area contributed by atoms with Gasteiger partial charge in [0.1, 0.15) is 0 Å². The molecular formula is C49H62Cl2SiZr. The zero-order valence-corrected chi connectivity index (χ0v) is 38.6. The van der Waals surface area contributed by atoms with E-state index in [4.69, 9.17) is 0 Å². The van der Waals surface area contributed by atoms with Gasteiger partial charge in [-0.3, -0.25) is 0 Å². The first-order chi connectivity index (χ1) is 24.5. The largest absolute Gasteiger partial charge is 0.147 e. The van der Waals surface area contributed by atoms with Crippen LogP contribution in [0.3, 0.4) is 0 Å². The number of fused-ring (bicyclic) bond motifs is 2. The molecule has 280 valence electrons. The van der Waals surface area contributed by atoms with E-state index in [-0.39, 0.29) is 24.8 Å². The minimum absolute atomic E-state index is 0. The molecule has 4 heteroatoms. The van der Waals surface area contributed by atoms with E-state index in [1.165, 1.54) is 103 Å². The Bertz CT molecular complexity index is 2080. The van der Waals surface area contributed by atoms with Crippen molar-refractivity contribution in [3.05, 3.63) is 129 Å². The summed E-state index contributed by atoms with van der Waals surface area (Å²) in [6, 6.07) is 31.6. The van der Waals surface area contributed by atoms with Crippen molar-refractivity contribution in [2.45, 2.75) is 120 Å². The van der Waals surface area contributed by atoms with Crippen molar-refractivity contribution >= 4 is 43.8 Å². The predicted molar refractivity (Wildman–Crippen MR) is 237 cm³/mol. The summed E-state index contributed by atoms with van der Waals surface area (Å²) in [6.45, 7) is 12.2. The molecule has 0 bridgehead atoms. The first kappa shape index (κ1) is 40.7. The fourth-order valence-electron chi connectivity index (χ4n) is 11.4. The van der Waals surface area contributed by atoms with E-state index in [0.29, 0.717) is 13.2 Å². The molecule has 4 aliphatic carbocycles. The molecule has 0 spiro atoms. The summed E-state index contributed by atoms with van der Waals surface area (Å²) >= 11 is -3.72. The third-order valence-electron chi connectivity index (χ3n) is 13.9. The monoisotopic (exact) mass is 838 g/mol. The summed E-state index contributed by atoms with van der Waals surface area (Å²) in [5, 5.41) is 0. The van der Waals surface area contributed by atoms with Crippen LogP contribution >= 0.6 is 24.8 Å². The van der Waals surface area contributed by atoms with Gasteiger partial charge in [-0.15, -0.1) is 24.8 Å². The standard InChI is InChI=1S/C24H27.C23H25.2CH3.2ClH.H2Si.Zr/c1-17(2)22-15-21-9-6-10-23(24(21)16-22)20-13-11-19(12-14-20)18-7-4-3-5-8-18;1-16-14-22-17(2)8-13-21(23(22)15-16)20-11-9-19(10-12-20)18-6-4-3-5-7-18;;;;;;/h6,9-18H,3-5,7-8H2,1-2H3;8-15,18H,3-7H2,1-2H3;2*1H3;2*1H;1H2;. The second-order valence-electron chi connectivity index (χ2n) is 18.5. The van der Waals surface area contributed by atoms with Gasteiger partial charge in [-0.2, -0.15) is 0 Å². The quantitative estimate of drug-likeness (QED) is 0.163. The van der Waals surface area contributed by atoms with Gasteiger partial charge in [0.2, 0.25) is 0 Å². The Balaban J connectivity index is 0.00000240. The maximum atomic E-state index is 2.81. The fourth-order valence-corrected chi connectivity index (χ4v) is 32.1. The van der Waals surface area contributed by atoms with E-state index < -0.39 is 17.4 Å². The topological polar surface area (TPSA) is 0 Å².